The largest absolute Gasteiger partial charge is 0.384 e. The summed E-state index contributed by atoms with van der Waals surface area (Å²) < 4.78 is 36.3. The molecule has 0 heterocycles. The Bertz CT molecular complexity index is 505. The van der Waals surface area contributed by atoms with E-state index in [0.29, 0.717) is 32.1 Å². The molecular formula is C14H24N2O4S. The van der Waals surface area contributed by atoms with E-state index in [0.717, 1.165) is 12.8 Å². The molecule has 120 valence electrons. The number of hydrogen-bond donors (Lipinski definition) is 2. The fourth-order valence-corrected chi connectivity index (χ4v) is 2.66. The Balaban J connectivity index is 2.36. The minimum atomic E-state index is -3.44. The Morgan fingerprint density at radius 2 is 1.86 bits per heavy atom. The summed E-state index contributed by atoms with van der Waals surface area (Å²) in [6.07, 6.45) is 1.82. The Hall–Kier alpha value is -1.15. The number of benzene rings is 1. The van der Waals surface area contributed by atoms with Gasteiger partial charge in [0, 0.05) is 20.3 Å². The summed E-state index contributed by atoms with van der Waals surface area (Å²) in [6, 6.07) is 6.87. The van der Waals surface area contributed by atoms with E-state index in [4.69, 9.17) is 9.47 Å². The Morgan fingerprint density at radius 3 is 2.57 bits per heavy atom. The average molecular weight is 316 g/mol. The Kier molecular flexibility index (Phi) is 8.29. The van der Waals surface area contributed by atoms with Crippen molar-refractivity contribution in [1.82, 2.24) is 4.72 Å². The van der Waals surface area contributed by atoms with Crippen LogP contribution in [0.2, 0.25) is 0 Å². The maximum atomic E-state index is 11.9. The van der Waals surface area contributed by atoms with Gasteiger partial charge in [-0.2, -0.15) is 0 Å². The second kappa shape index (κ2) is 9.73. The zero-order chi connectivity index (χ0) is 15.6. The lowest BCUT2D eigenvalue weighted by Crippen LogP contribution is -2.20. The number of rotatable bonds is 11. The number of unbranched alkanes of at least 4 members (excludes halogenated alkanes) is 1. The summed E-state index contributed by atoms with van der Waals surface area (Å²) in [5.41, 5.74) is 0.618. The third kappa shape index (κ3) is 6.43. The number of para-hydroxylation sites is 1. The van der Waals surface area contributed by atoms with Crippen molar-refractivity contribution in [3.05, 3.63) is 24.3 Å². The molecule has 0 aliphatic carbocycles. The minimum absolute atomic E-state index is 0.267. The van der Waals surface area contributed by atoms with Crippen molar-refractivity contribution in [2.75, 3.05) is 45.8 Å². The van der Waals surface area contributed by atoms with E-state index in [1.807, 2.05) is 6.07 Å². The normalized spacial score (nSPS) is 11.5. The van der Waals surface area contributed by atoms with Crippen LogP contribution in [0.15, 0.2) is 29.2 Å². The second-order valence-corrected chi connectivity index (χ2v) is 6.30. The molecular weight excluding hydrogens is 292 g/mol. The van der Waals surface area contributed by atoms with Crippen molar-refractivity contribution < 1.29 is 17.9 Å². The summed E-state index contributed by atoms with van der Waals surface area (Å²) >= 11 is 0. The molecule has 6 nitrogen and oxygen atoms in total. The summed E-state index contributed by atoms with van der Waals surface area (Å²) in [6.45, 7) is 2.59. The van der Waals surface area contributed by atoms with Crippen LogP contribution in [0, 0.1) is 0 Å². The maximum absolute atomic E-state index is 11.9. The van der Waals surface area contributed by atoms with E-state index in [-0.39, 0.29) is 4.90 Å². The lowest BCUT2D eigenvalue weighted by Gasteiger charge is -2.12. The minimum Gasteiger partial charge on any atom is -0.384 e. The van der Waals surface area contributed by atoms with E-state index in [1.54, 1.807) is 25.3 Å². The first-order valence-corrected chi connectivity index (χ1v) is 8.43. The highest BCUT2D eigenvalue weighted by molar-refractivity contribution is 7.89. The third-order valence-corrected chi connectivity index (χ3v) is 4.38. The molecule has 1 aromatic carbocycles. The van der Waals surface area contributed by atoms with Gasteiger partial charge < -0.3 is 14.8 Å². The monoisotopic (exact) mass is 316 g/mol. The van der Waals surface area contributed by atoms with Crippen LogP contribution in [0.5, 0.6) is 0 Å². The van der Waals surface area contributed by atoms with Crippen LogP contribution >= 0.6 is 0 Å². The molecule has 2 N–H and O–H groups in total. The van der Waals surface area contributed by atoms with Crippen molar-refractivity contribution in [3.8, 4) is 0 Å². The smallest absolute Gasteiger partial charge is 0.242 e. The molecule has 0 radical (unpaired) electrons. The molecule has 0 saturated heterocycles. The first kappa shape index (κ1) is 17.9. The van der Waals surface area contributed by atoms with Crippen LogP contribution in [0.25, 0.3) is 0 Å². The Morgan fingerprint density at radius 1 is 1.10 bits per heavy atom. The third-order valence-electron chi connectivity index (χ3n) is 2.91. The molecule has 0 spiro atoms. The number of nitrogens with one attached hydrogen (secondary N) is 2. The summed E-state index contributed by atoms with van der Waals surface area (Å²) in [5, 5.41) is 3.16. The van der Waals surface area contributed by atoms with Crippen molar-refractivity contribution in [2.45, 2.75) is 17.7 Å². The molecule has 0 unspecified atom stereocenters. The van der Waals surface area contributed by atoms with E-state index < -0.39 is 10.0 Å². The molecule has 0 aromatic heterocycles. The van der Waals surface area contributed by atoms with Gasteiger partial charge in [-0.25, -0.2) is 13.1 Å². The molecule has 0 bridgehead atoms. The SMILES string of the molecule is CNS(=O)(=O)c1ccccc1NCCCCOCCOC. The van der Waals surface area contributed by atoms with Gasteiger partial charge in [-0.15, -0.1) is 0 Å². The quantitative estimate of drug-likeness (QED) is 0.604. The van der Waals surface area contributed by atoms with E-state index >= 15 is 0 Å². The van der Waals surface area contributed by atoms with Gasteiger partial charge in [-0.05, 0) is 32.0 Å². The number of sulfonamides is 1. The van der Waals surface area contributed by atoms with Gasteiger partial charge in [0.1, 0.15) is 4.90 Å². The van der Waals surface area contributed by atoms with Gasteiger partial charge >= 0.3 is 0 Å². The van der Waals surface area contributed by atoms with Gasteiger partial charge in [0.25, 0.3) is 0 Å². The van der Waals surface area contributed by atoms with Crippen LogP contribution in [-0.2, 0) is 19.5 Å². The summed E-state index contributed by atoms with van der Waals surface area (Å²) in [4.78, 5) is 0.267. The van der Waals surface area contributed by atoms with Gasteiger partial charge in [0.15, 0.2) is 0 Å². The van der Waals surface area contributed by atoms with E-state index in [9.17, 15) is 8.42 Å². The van der Waals surface area contributed by atoms with Crippen LogP contribution in [0.4, 0.5) is 5.69 Å². The van der Waals surface area contributed by atoms with Crippen LogP contribution in [0.3, 0.4) is 0 Å². The highest BCUT2D eigenvalue weighted by Crippen LogP contribution is 2.20. The fourth-order valence-electron chi connectivity index (χ4n) is 1.75. The lowest BCUT2D eigenvalue weighted by molar-refractivity contribution is 0.0691. The topological polar surface area (TPSA) is 76.7 Å². The Labute approximate surface area is 126 Å². The molecule has 0 saturated carbocycles. The standard InChI is InChI=1S/C14H24N2O4S/c1-15-21(17,18)14-8-4-3-7-13(14)16-9-5-6-10-20-12-11-19-2/h3-4,7-8,15-16H,5-6,9-12H2,1-2H3. The number of methoxy groups -OCH3 is 1. The highest BCUT2D eigenvalue weighted by Gasteiger charge is 2.15. The van der Waals surface area contributed by atoms with Crippen molar-refractivity contribution >= 4 is 15.7 Å². The molecule has 0 aliphatic rings. The molecule has 7 heteroatoms. The summed E-state index contributed by atoms with van der Waals surface area (Å²) in [7, 11) is -0.389. The zero-order valence-electron chi connectivity index (χ0n) is 12.6. The number of ether oxygens (including phenoxy) is 2. The van der Waals surface area contributed by atoms with Gasteiger partial charge in [-0.3, -0.25) is 0 Å². The maximum Gasteiger partial charge on any atom is 0.242 e. The first-order chi connectivity index (χ1) is 10.1. The molecule has 0 amide bonds. The van der Waals surface area contributed by atoms with Crippen molar-refractivity contribution in [1.29, 1.82) is 0 Å². The van der Waals surface area contributed by atoms with Gasteiger partial charge in [0.2, 0.25) is 10.0 Å². The van der Waals surface area contributed by atoms with Gasteiger partial charge in [0.05, 0.1) is 18.9 Å². The fraction of sp³-hybridized carbons (Fsp3) is 0.571. The van der Waals surface area contributed by atoms with Crippen molar-refractivity contribution in [3.63, 3.8) is 0 Å². The van der Waals surface area contributed by atoms with Gasteiger partial charge in [-0.1, -0.05) is 12.1 Å². The molecule has 21 heavy (non-hydrogen) atoms. The highest BCUT2D eigenvalue weighted by atomic mass is 32.2. The zero-order valence-corrected chi connectivity index (χ0v) is 13.4. The van der Waals surface area contributed by atoms with E-state index in [2.05, 4.69) is 10.0 Å². The average Bonchev–Trinajstić information content (AvgIpc) is 2.50. The number of hydrogen-bond acceptors (Lipinski definition) is 5. The molecule has 0 atom stereocenters. The van der Waals surface area contributed by atoms with Crippen molar-refractivity contribution in [2.24, 2.45) is 0 Å². The molecule has 1 aromatic rings. The van der Waals surface area contributed by atoms with E-state index in [1.165, 1.54) is 7.05 Å². The summed E-state index contributed by atoms with van der Waals surface area (Å²) in [5.74, 6) is 0. The van der Waals surface area contributed by atoms with Crippen LogP contribution in [-0.4, -0.2) is 48.9 Å². The predicted molar refractivity (Wildman–Crippen MR) is 83.1 cm³/mol. The first-order valence-electron chi connectivity index (χ1n) is 6.95. The van der Waals surface area contributed by atoms with Crippen LogP contribution in [0.1, 0.15) is 12.8 Å². The number of anilines is 1. The molecule has 0 fully saturated rings. The molecule has 0 aliphatic heterocycles. The second-order valence-electron chi connectivity index (χ2n) is 4.44. The van der Waals surface area contributed by atoms with Crippen LogP contribution < -0.4 is 10.0 Å². The lowest BCUT2D eigenvalue weighted by atomic mass is 10.3. The molecule has 1 rings (SSSR count). The predicted octanol–water partition coefficient (Wildman–Crippen LogP) is 1.45.